The Hall–Kier alpha value is -1.43. The van der Waals surface area contributed by atoms with Crippen LogP contribution in [-0.4, -0.2) is 30.8 Å². The minimum Gasteiger partial charge on any atom is -0.473 e. The summed E-state index contributed by atoms with van der Waals surface area (Å²) in [6.45, 7) is 3.25. The highest BCUT2D eigenvalue weighted by molar-refractivity contribution is 5.39. The molecule has 1 fully saturated rings. The molecule has 6 heteroatoms. The molecule has 0 radical (unpaired) electrons. The predicted molar refractivity (Wildman–Crippen MR) is 67.4 cm³/mol. The molecule has 1 saturated heterocycles. The van der Waals surface area contributed by atoms with Gasteiger partial charge in [0, 0.05) is 19.2 Å². The number of pyridine rings is 1. The van der Waals surface area contributed by atoms with E-state index in [0.29, 0.717) is 13.2 Å². The van der Waals surface area contributed by atoms with Gasteiger partial charge in [-0.05, 0) is 26.2 Å². The molecule has 1 atom stereocenters. The smallest absolute Gasteiger partial charge is 0.252 e. The van der Waals surface area contributed by atoms with Crippen LogP contribution in [0, 0.1) is 11.6 Å². The van der Waals surface area contributed by atoms with E-state index in [2.05, 4.69) is 10.3 Å². The van der Waals surface area contributed by atoms with Crippen LogP contribution < -0.4 is 10.1 Å². The van der Waals surface area contributed by atoms with E-state index >= 15 is 0 Å². The second-order valence-corrected chi connectivity index (χ2v) is 4.44. The molecule has 1 unspecified atom stereocenters. The molecule has 106 valence electrons. The molecule has 2 rings (SSSR count). The van der Waals surface area contributed by atoms with Gasteiger partial charge in [-0.3, -0.25) is 0 Å². The Labute approximate surface area is 111 Å². The largest absolute Gasteiger partial charge is 0.473 e. The van der Waals surface area contributed by atoms with Crippen LogP contribution in [-0.2, 0) is 4.74 Å². The first kappa shape index (κ1) is 14.0. The van der Waals surface area contributed by atoms with Crippen molar-refractivity contribution in [1.29, 1.82) is 0 Å². The first-order valence-electron chi connectivity index (χ1n) is 6.55. The number of aromatic nitrogens is 1. The van der Waals surface area contributed by atoms with Crippen molar-refractivity contribution in [2.75, 3.05) is 25.1 Å². The van der Waals surface area contributed by atoms with Gasteiger partial charge in [0.05, 0.1) is 6.10 Å². The maximum atomic E-state index is 13.5. The summed E-state index contributed by atoms with van der Waals surface area (Å²) < 4.78 is 37.7. The number of ether oxygens (including phenoxy) is 2. The number of nitrogens with zero attached hydrogens (tertiary/aromatic N) is 1. The van der Waals surface area contributed by atoms with Gasteiger partial charge in [-0.15, -0.1) is 0 Å². The Morgan fingerprint density at radius 3 is 2.95 bits per heavy atom. The monoisotopic (exact) mass is 272 g/mol. The summed E-state index contributed by atoms with van der Waals surface area (Å²) in [4.78, 5) is 3.81. The highest BCUT2D eigenvalue weighted by Gasteiger charge is 2.17. The molecule has 0 saturated carbocycles. The summed E-state index contributed by atoms with van der Waals surface area (Å²) >= 11 is 0. The Kier molecular flexibility index (Phi) is 4.90. The number of anilines is 1. The lowest BCUT2D eigenvalue weighted by atomic mass is 10.1. The molecule has 4 nitrogen and oxygen atoms in total. The molecular formula is C13H18F2N2O2. The number of nitrogens with one attached hydrogen (secondary N) is 1. The molecule has 1 aromatic rings. The fourth-order valence-corrected chi connectivity index (χ4v) is 1.95. The highest BCUT2D eigenvalue weighted by Crippen LogP contribution is 2.22. The van der Waals surface area contributed by atoms with Crippen LogP contribution in [0.3, 0.4) is 0 Å². The van der Waals surface area contributed by atoms with Crippen molar-refractivity contribution in [3.8, 4) is 5.88 Å². The lowest BCUT2D eigenvalue weighted by Gasteiger charge is -2.22. The third kappa shape index (κ3) is 3.76. The molecule has 1 N–H and O–H groups in total. The minimum atomic E-state index is -0.796. The lowest BCUT2D eigenvalue weighted by Crippen LogP contribution is -2.26. The summed E-state index contributed by atoms with van der Waals surface area (Å²) in [7, 11) is 0. The lowest BCUT2D eigenvalue weighted by molar-refractivity contribution is -0.0126. The number of hydrogen-bond donors (Lipinski definition) is 1. The Morgan fingerprint density at radius 2 is 2.26 bits per heavy atom. The van der Waals surface area contributed by atoms with Crippen LogP contribution in [0.2, 0.25) is 0 Å². The van der Waals surface area contributed by atoms with Gasteiger partial charge in [-0.25, -0.2) is 8.78 Å². The van der Waals surface area contributed by atoms with E-state index in [4.69, 9.17) is 9.47 Å². The van der Waals surface area contributed by atoms with Crippen molar-refractivity contribution >= 4 is 5.82 Å². The number of hydrogen-bond acceptors (Lipinski definition) is 4. The summed E-state index contributed by atoms with van der Waals surface area (Å²) in [5, 5.41) is 2.72. The van der Waals surface area contributed by atoms with E-state index in [1.54, 1.807) is 6.92 Å². The van der Waals surface area contributed by atoms with E-state index in [9.17, 15) is 8.78 Å². The predicted octanol–water partition coefficient (Wildman–Crippen LogP) is 2.74. The molecule has 1 aromatic heterocycles. The highest BCUT2D eigenvalue weighted by atomic mass is 19.1. The quantitative estimate of drug-likeness (QED) is 0.895. The van der Waals surface area contributed by atoms with Crippen LogP contribution in [0.25, 0.3) is 0 Å². The molecule has 0 aromatic carbocycles. The summed E-state index contributed by atoms with van der Waals surface area (Å²) in [5.41, 5.74) is 0. The molecule has 1 aliphatic rings. The van der Waals surface area contributed by atoms with E-state index in [0.717, 1.165) is 25.3 Å². The average molecular weight is 272 g/mol. The molecule has 0 amide bonds. The van der Waals surface area contributed by atoms with Gasteiger partial charge in [-0.2, -0.15) is 4.98 Å². The van der Waals surface area contributed by atoms with Crippen molar-refractivity contribution in [3.05, 3.63) is 17.7 Å². The third-order valence-electron chi connectivity index (χ3n) is 2.92. The third-order valence-corrected chi connectivity index (χ3v) is 2.92. The van der Waals surface area contributed by atoms with E-state index in [1.165, 1.54) is 0 Å². The first-order chi connectivity index (χ1) is 9.20. The van der Waals surface area contributed by atoms with Gasteiger partial charge in [-0.1, -0.05) is 0 Å². The minimum absolute atomic E-state index is 0.00321. The Bertz CT molecular complexity index is 423. The maximum absolute atomic E-state index is 13.5. The van der Waals surface area contributed by atoms with E-state index in [-0.39, 0.29) is 24.4 Å². The Morgan fingerprint density at radius 1 is 1.42 bits per heavy atom. The zero-order chi connectivity index (χ0) is 13.7. The fraction of sp³-hybridized carbons (Fsp3) is 0.615. The van der Waals surface area contributed by atoms with Crippen LogP contribution in [0.15, 0.2) is 6.07 Å². The zero-order valence-electron chi connectivity index (χ0n) is 10.9. The average Bonchev–Trinajstić information content (AvgIpc) is 2.42. The van der Waals surface area contributed by atoms with Gasteiger partial charge < -0.3 is 14.8 Å². The maximum Gasteiger partial charge on any atom is 0.252 e. The standard InChI is InChI=1S/C13H18F2N2O2/c1-2-16-12-10(14)7-11(15)13(17-12)19-8-9-5-3-4-6-18-9/h7,9H,2-6,8H2,1H3,(H,16,17). The first-order valence-corrected chi connectivity index (χ1v) is 6.55. The normalized spacial score (nSPS) is 19.2. The van der Waals surface area contributed by atoms with Crippen molar-refractivity contribution in [2.45, 2.75) is 32.3 Å². The van der Waals surface area contributed by atoms with Crippen LogP contribution >= 0.6 is 0 Å². The molecule has 0 bridgehead atoms. The van der Waals surface area contributed by atoms with Crippen molar-refractivity contribution in [3.63, 3.8) is 0 Å². The molecule has 0 spiro atoms. The van der Waals surface area contributed by atoms with Crippen LogP contribution in [0.5, 0.6) is 5.88 Å². The Balaban J connectivity index is 2.00. The summed E-state index contributed by atoms with van der Waals surface area (Å²) in [5.74, 6) is -1.70. The zero-order valence-corrected chi connectivity index (χ0v) is 10.9. The molecular weight excluding hydrogens is 254 g/mol. The van der Waals surface area contributed by atoms with Crippen molar-refractivity contribution in [1.82, 2.24) is 4.98 Å². The van der Waals surface area contributed by atoms with Gasteiger partial charge in [0.2, 0.25) is 0 Å². The molecule has 2 heterocycles. The van der Waals surface area contributed by atoms with Gasteiger partial charge >= 0.3 is 0 Å². The molecule has 0 aliphatic carbocycles. The number of rotatable bonds is 5. The van der Waals surface area contributed by atoms with Gasteiger partial charge in [0.15, 0.2) is 17.5 Å². The molecule has 1 aliphatic heterocycles. The van der Waals surface area contributed by atoms with Crippen LogP contribution in [0.1, 0.15) is 26.2 Å². The van der Waals surface area contributed by atoms with Crippen molar-refractivity contribution < 1.29 is 18.3 Å². The summed E-state index contributed by atoms with van der Waals surface area (Å²) in [6, 6.07) is 0.780. The second-order valence-electron chi connectivity index (χ2n) is 4.44. The molecule has 19 heavy (non-hydrogen) atoms. The van der Waals surface area contributed by atoms with Gasteiger partial charge in [0.25, 0.3) is 5.88 Å². The topological polar surface area (TPSA) is 43.4 Å². The SMILES string of the molecule is CCNc1nc(OCC2CCCCO2)c(F)cc1F. The summed E-state index contributed by atoms with van der Waals surface area (Å²) in [6.07, 6.45) is 2.98. The van der Waals surface area contributed by atoms with Gasteiger partial charge in [0.1, 0.15) is 6.61 Å². The van der Waals surface area contributed by atoms with E-state index in [1.807, 2.05) is 0 Å². The number of halogens is 2. The van der Waals surface area contributed by atoms with Crippen LogP contribution in [0.4, 0.5) is 14.6 Å². The van der Waals surface area contributed by atoms with E-state index < -0.39 is 11.6 Å². The fourth-order valence-electron chi connectivity index (χ4n) is 1.95. The van der Waals surface area contributed by atoms with Crippen molar-refractivity contribution in [2.24, 2.45) is 0 Å². The second kappa shape index (κ2) is 6.65.